The summed E-state index contributed by atoms with van der Waals surface area (Å²) in [6.07, 6.45) is 1.44. The summed E-state index contributed by atoms with van der Waals surface area (Å²) in [5.41, 5.74) is 0.438. The summed E-state index contributed by atoms with van der Waals surface area (Å²) < 4.78 is 30.9. The summed E-state index contributed by atoms with van der Waals surface area (Å²) in [4.78, 5) is 0. The lowest BCUT2D eigenvalue weighted by Gasteiger charge is -1.97. The van der Waals surface area contributed by atoms with Crippen LogP contribution in [0.4, 0.5) is 8.78 Å². The summed E-state index contributed by atoms with van der Waals surface area (Å²) in [5.74, 6) is -1.42. The molecule has 0 spiro atoms. The minimum absolute atomic E-state index is 0.379. The number of benzene rings is 1. The van der Waals surface area contributed by atoms with E-state index in [0.717, 1.165) is 12.1 Å². The van der Waals surface area contributed by atoms with E-state index in [9.17, 15) is 8.78 Å². The van der Waals surface area contributed by atoms with E-state index >= 15 is 0 Å². The Bertz CT molecular complexity index is 470. The first-order valence-electron chi connectivity index (χ1n) is 3.74. The normalized spacial score (nSPS) is 10.5. The zero-order valence-corrected chi connectivity index (χ0v) is 8.38. The van der Waals surface area contributed by atoms with Gasteiger partial charge in [0.2, 0.25) is 0 Å². The zero-order valence-electron chi connectivity index (χ0n) is 6.80. The molecular formula is C9H4BrF2NO. The number of halogens is 3. The van der Waals surface area contributed by atoms with Gasteiger partial charge in [-0.25, -0.2) is 8.78 Å². The van der Waals surface area contributed by atoms with Crippen LogP contribution in [0.1, 0.15) is 0 Å². The molecule has 2 aromatic rings. The van der Waals surface area contributed by atoms with Crippen molar-refractivity contribution in [1.29, 1.82) is 0 Å². The molecule has 2 rings (SSSR count). The average Bonchev–Trinajstić information content (AvgIpc) is 2.57. The maximum atomic E-state index is 12.9. The highest BCUT2D eigenvalue weighted by molar-refractivity contribution is 9.10. The second-order valence-corrected chi connectivity index (χ2v) is 3.49. The quantitative estimate of drug-likeness (QED) is 0.785. The Morgan fingerprint density at radius 1 is 1.21 bits per heavy atom. The zero-order chi connectivity index (χ0) is 10.1. The van der Waals surface area contributed by atoms with Gasteiger partial charge in [-0.2, -0.15) is 0 Å². The molecule has 0 saturated heterocycles. The fraction of sp³-hybridized carbons (Fsp3) is 0. The van der Waals surface area contributed by atoms with Gasteiger partial charge in [0.05, 0.1) is 10.7 Å². The molecule has 0 N–H and O–H groups in total. The standard InChI is InChI=1S/C9H4BrF2NO/c10-6-4-13-14-9(6)5-1-2-7(11)8(12)3-5/h1-4H. The molecule has 0 fully saturated rings. The number of hydrogen-bond donors (Lipinski definition) is 0. The van der Waals surface area contributed by atoms with Crippen molar-refractivity contribution in [2.45, 2.75) is 0 Å². The second-order valence-electron chi connectivity index (χ2n) is 2.63. The SMILES string of the molecule is Fc1ccc(-c2oncc2Br)cc1F. The largest absolute Gasteiger partial charge is 0.355 e. The third kappa shape index (κ3) is 1.55. The Morgan fingerprint density at radius 3 is 2.57 bits per heavy atom. The van der Waals surface area contributed by atoms with Crippen molar-refractivity contribution < 1.29 is 13.3 Å². The number of nitrogens with zero attached hydrogens (tertiary/aromatic N) is 1. The van der Waals surface area contributed by atoms with Crippen LogP contribution in [0.3, 0.4) is 0 Å². The maximum absolute atomic E-state index is 12.9. The highest BCUT2D eigenvalue weighted by Crippen LogP contribution is 2.28. The van der Waals surface area contributed by atoms with Crippen LogP contribution in [0.5, 0.6) is 0 Å². The van der Waals surface area contributed by atoms with Crippen molar-refractivity contribution >= 4 is 15.9 Å². The third-order valence-electron chi connectivity index (χ3n) is 1.71. The Hall–Kier alpha value is -1.23. The lowest BCUT2D eigenvalue weighted by Crippen LogP contribution is -1.84. The molecule has 0 unspecified atom stereocenters. The van der Waals surface area contributed by atoms with Crippen molar-refractivity contribution in [3.8, 4) is 11.3 Å². The summed E-state index contributed by atoms with van der Waals surface area (Å²) in [5, 5.41) is 3.51. The Labute approximate surface area is 86.7 Å². The molecule has 5 heteroatoms. The molecule has 1 aromatic heterocycles. The van der Waals surface area contributed by atoms with Crippen LogP contribution >= 0.6 is 15.9 Å². The first-order valence-corrected chi connectivity index (χ1v) is 4.53. The summed E-state index contributed by atoms with van der Waals surface area (Å²) >= 11 is 3.17. The van der Waals surface area contributed by atoms with E-state index in [2.05, 4.69) is 21.1 Å². The highest BCUT2D eigenvalue weighted by Gasteiger charge is 2.10. The van der Waals surface area contributed by atoms with Gasteiger partial charge in [-0.15, -0.1) is 0 Å². The highest BCUT2D eigenvalue weighted by atomic mass is 79.9. The molecule has 0 aliphatic carbocycles. The van der Waals surface area contributed by atoms with E-state index in [0.29, 0.717) is 15.8 Å². The predicted molar refractivity (Wildman–Crippen MR) is 49.6 cm³/mol. The molecule has 1 aromatic carbocycles. The van der Waals surface area contributed by atoms with Crippen LogP contribution in [0.15, 0.2) is 33.4 Å². The number of rotatable bonds is 1. The predicted octanol–water partition coefficient (Wildman–Crippen LogP) is 3.38. The van der Waals surface area contributed by atoms with Crippen molar-refractivity contribution in [1.82, 2.24) is 5.16 Å². The number of hydrogen-bond acceptors (Lipinski definition) is 2. The molecule has 0 radical (unpaired) electrons. The summed E-state index contributed by atoms with van der Waals surface area (Å²) in [6.45, 7) is 0. The summed E-state index contributed by atoms with van der Waals surface area (Å²) in [6, 6.07) is 3.52. The molecule has 0 bridgehead atoms. The molecule has 0 saturated carbocycles. The monoisotopic (exact) mass is 259 g/mol. The molecule has 1 heterocycles. The van der Waals surface area contributed by atoms with Gasteiger partial charge in [0.25, 0.3) is 0 Å². The van der Waals surface area contributed by atoms with E-state index in [-0.39, 0.29) is 0 Å². The fourth-order valence-electron chi connectivity index (χ4n) is 1.06. The molecule has 0 amide bonds. The molecule has 0 atom stereocenters. The first kappa shape index (κ1) is 9.33. The maximum Gasteiger partial charge on any atom is 0.181 e. The van der Waals surface area contributed by atoms with E-state index < -0.39 is 11.6 Å². The smallest absolute Gasteiger partial charge is 0.181 e. The van der Waals surface area contributed by atoms with Crippen molar-refractivity contribution in [3.63, 3.8) is 0 Å². The van der Waals surface area contributed by atoms with Crippen molar-refractivity contribution in [2.75, 3.05) is 0 Å². The van der Waals surface area contributed by atoms with E-state index in [1.54, 1.807) is 0 Å². The van der Waals surface area contributed by atoms with E-state index in [1.165, 1.54) is 12.3 Å². The lowest BCUT2D eigenvalue weighted by atomic mass is 10.2. The minimum atomic E-state index is -0.911. The van der Waals surface area contributed by atoms with E-state index in [1.807, 2.05) is 0 Å². The lowest BCUT2D eigenvalue weighted by molar-refractivity contribution is 0.431. The topological polar surface area (TPSA) is 26.0 Å². The molecule has 72 valence electrons. The Morgan fingerprint density at radius 2 is 2.00 bits per heavy atom. The van der Waals surface area contributed by atoms with Gasteiger partial charge in [0, 0.05) is 5.56 Å². The van der Waals surface area contributed by atoms with Gasteiger partial charge in [0.15, 0.2) is 17.4 Å². The van der Waals surface area contributed by atoms with E-state index in [4.69, 9.17) is 4.52 Å². The molecule has 2 nitrogen and oxygen atoms in total. The molecular weight excluding hydrogens is 256 g/mol. The van der Waals surface area contributed by atoms with Gasteiger partial charge in [0.1, 0.15) is 0 Å². The molecule has 0 aliphatic heterocycles. The van der Waals surface area contributed by atoms with Crippen LogP contribution in [0.25, 0.3) is 11.3 Å². The van der Waals surface area contributed by atoms with Gasteiger partial charge in [-0.3, -0.25) is 0 Å². The fourth-order valence-corrected chi connectivity index (χ4v) is 1.44. The summed E-state index contributed by atoms with van der Waals surface area (Å²) in [7, 11) is 0. The van der Waals surface area contributed by atoms with Crippen molar-refractivity contribution in [3.05, 3.63) is 40.5 Å². The van der Waals surface area contributed by atoms with Gasteiger partial charge in [-0.1, -0.05) is 5.16 Å². The number of aromatic nitrogens is 1. The van der Waals surface area contributed by atoms with Gasteiger partial charge < -0.3 is 4.52 Å². The average molecular weight is 260 g/mol. The second kappa shape index (κ2) is 3.49. The van der Waals surface area contributed by atoms with Crippen LogP contribution in [0, 0.1) is 11.6 Å². The third-order valence-corrected chi connectivity index (χ3v) is 2.27. The van der Waals surface area contributed by atoms with Crippen LogP contribution in [0.2, 0.25) is 0 Å². The van der Waals surface area contributed by atoms with Crippen molar-refractivity contribution in [2.24, 2.45) is 0 Å². The van der Waals surface area contributed by atoms with Gasteiger partial charge >= 0.3 is 0 Å². The van der Waals surface area contributed by atoms with Crippen LogP contribution < -0.4 is 0 Å². The molecule has 0 aliphatic rings. The molecule has 14 heavy (non-hydrogen) atoms. The first-order chi connectivity index (χ1) is 6.68. The Balaban J connectivity index is 2.53. The Kier molecular flexibility index (Phi) is 2.33. The minimum Gasteiger partial charge on any atom is -0.355 e. The van der Waals surface area contributed by atoms with Gasteiger partial charge in [-0.05, 0) is 34.1 Å². The van der Waals surface area contributed by atoms with Crippen LogP contribution in [-0.4, -0.2) is 5.16 Å². The van der Waals surface area contributed by atoms with Crippen LogP contribution in [-0.2, 0) is 0 Å².